The van der Waals surface area contributed by atoms with Crippen LogP contribution in [-0.2, 0) is 6.42 Å². The molecule has 0 saturated carbocycles. The standard InChI is InChI=1S/C13H12BrClN2/c1-3-11-16-12(8(2)13(15)17-11)9-5-4-6-10(14)7-9/h4-7H,3H2,1-2H3. The molecule has 0 N–H and O–H groups in total. The second kappa shape index (κ2) is 5.15. The van der Waals surface area contributed by atoms with Crippen LogP contribution in [0, 0.1) is 6.92 Å². The minimum atomic E-state index is 0.534. The summed E-state index contributed by atoms with van der Waals surface area (Å²) in [5.74, 6) is 0.774. The SMILES string of the molecule is CCc1nc(Cl)c(C)c(-c2cccc(Br)c2)n1. The van der Waals surface area contributed by atoms with E-state index in [-0.39, 0.29) is 0 Å². The molecule has 0 radical (unpaired) electrons. The number of rotatable bonds is 2. The van der Waals surface area contributed by atoms with Crippen LogP contribution >= 0.6 is 27.5 Å². The van der Waals surface area contributed by atoms with E-state index in [4.69, 9.17) is 11.6 Å². The van der Waals surface area contributed by atoms with Crippen molar-refractivity contribution in [3.8, 4) is 11.3 Å². The van der Waals surface area contributed by atoms with Gasteiger partial charge in [0.1, 0.15) is 11.0 Å². The Morgan fingerprint density at radius 3 is 2.71 bits per heavy atom. The van der Waals surface area contributed by atoms with Gasteiger partial charge in [-0.3, -0.25) is 0 Å². The minimum Gasteiger partial charge on any atom is -0.233 e. The van der Waals surface area contributed by atoms with Crippen LogP contribution in [0.25, 0.3) is 11.3 Å². The van der Waals surface area contributed by atoms with E-state index in [0.29, 0.717) is 5.15 Å². The largest absolute Gasteiger partial charge is 0.233 e. The van der Waals surface area contributed by atoms with Crippen LogP contribution in [0.1, 0.15) is 18.3 Å². The van der Waals surface area contributed by atoms with Gasteiger partial charge in [0.15, 0.2) is 0 Å². The van der Waals surface area contributed by atoms with Crippen molar-refractivity contribution in [1.29, 1.82) is 0 Å². The van der Waals surface area contributed by atoms with Gasteiger partial charge in [-0.1, -0.05) is 46.6 Å². The first kappa shape index (κ1) is 12.5. The maximum Gasteiger partial charge on any atom is 0.136 e. The van der Waals surface area contributed by atoms with E-state index in [1.165, 1.54) is 0 Å². The average Bonchev–Trinajstić information content (AvgIpc) is 2.32. The van der Waals surface area contributed by atoms with Crippen molar-refractivity contribution in [2.75, 3.05) is 0 Å². The lowest BCUT2D eigenvalue weighted by molar-refractivity contribution is 0.934. The number of aryl methyl sites for hydroxylation is 1. The summed E-state index contributed by atoms with van der Waals surface area (Å²) in [7, 11) is 0. The Morgan fingerprint density at radius 1 is 1.29 bits per heavy atom. The first-order valence-corrected chi connectivity index (χ1v) is 6.58. The summed E-state index contributed by atoms with van der Waals surface area (Å²) in [5.41, 5.74) is 2.88. The van der Waals surface area contributed by atoms with Gasteiger partial charge in [0, 0.05) is 22.0 Å². The van der Waals surface area contributed by atoms with Crippen LogP contribution in [0.4, 0.5) is 0 Å². The number of hydrogen-bond donors (Lipinski definition) is 0. The zero-order valence-electron chi connectivity index (χ0n) is 9.67. The minimum absolute atomic E-state index is 0.534. The van der Waals surface area contributed by atoms with Gasteiger partial charge in [0.05, 0.1) is 5.69 Å². The van der Waals surface area contributed by atoms with Gasteiger partial charge >= 0.3 is 0 Å². The predicted octanol–water partition coefficient (Wildman–Crippen LogP) is 4.43. The second-order valence-corrected chi connectivity index (χ2v) is 5.04. The molecular weight excluding hydrogens is 300 g/mol. The molecule has 2 aromatic rings. The van der Waals surface area contributed by atoms with Crippen LogP contribution in [-0.4, -0.2) is 9.97 Å². The molecule has 0 aliphatic heterocycles. The van der Waals surface area contributed by atoms with E-state index in [0.717, 1.165) is 33.5 Å². The molecule has 2 nitrogen and oxygen atoms in total. The van der Waals surface area contributed by atoms with Crippen molar-refractivity contribution in [3.05, 3.63) is 45.3 Å². The molecule has 4 heteroatoms. The van der Waals surface area contributed by atoms with Crippen LogP contribution in [0.2, 0.25) is 5.15 Å². The normalized spacial score (nSPS) is 10.6. The van der Waals surface area contributed by atoms with E-state index >= 15 is 0 Å². The number of hydrogen-bond acceptors (Lipinski definition) is 2. The van der Waals surface area contributed by atoms with Crippen molar-refractivity contribution in [2.45, 2.75) is 20.3 Å². The summed E-state index contributed by atoms with van der Waals surface area (Å²) < 4.78 is 1.03. The maximum atomic E-state index is 6.12. The van der Waals surface area contributed by atoms with Gasteiger partial charge < -0.3 is 0 Å². The van der Waals surface area contributed by atoms with Crippen LogP contribution in [0.3, 0.4) is 0 Å². The highest BCUT2D eigenvalue weighted by Crippen LogP contribution is 2.27. The topological polar surface area (TPSA) is 25.8 Å². The van der Waals surface area contributed by atoms with E-state index in [1.54, 1.807) is 0 Å². The number of nitrogens with zero attached hydrogens (tertiary/aromatic N) is 2. The van der Waals surface area contributed by atoms with Crippen LogP contribution in [0.5, 0.6) is 0 Å². The molecule has 88 valence electrons. The Bertz CT molecular complexity index is 555. The molecule has 0 spiro atoms. The van der Waals surface area contributed by atoms with Gasteiger partial charge in [-0.2, -0.15) is 0 Å². The highest BCUT2D eigenvalue weighted by atomic mass is 79.9. The van der Waals surface area contributed by atoms with Crippen LogP contribution < -0.4 is 0 Å². The first-order chi connectivity index (χ1) is 8.11. The quantitative estimate of drug-likeness (QED) is 0.767. The van der Waals surface area contributed by atoms with Gasteiger partial charge in [0.2, 0.25) is 0 Å². The number of benzene rings is 1. The van der Waals surface area contributed by atoms with Crippen molar-refractivity contribution in [1.82, 2.24) is 9.97 Å². The molecule has 0 unspecified atom stereocenters. The highest BCUT2D eigenvalue weighted by molar-refractivity contribution is 9.10. The molecule has 0 saturated heterocycles. The summed E-state index contributed by atoms with van der Waals surface area (Å²) in [4.78, 5) is 8.79. The Kier molecular flexibility index (Phi) is 3.79. The van der Waals surface area contributed by atoms with Gasteiger partial charge in [-0.15, -0.1) is 0 Å². The van der Waals surface area contributed by atoms with Crippen molar-refractivity contribution < 1.29 is 0 Å². The molecule has 1 heterocycles. The fraction of sp³-hybridized carbons (Fsp3) is 0.231. The third kappa shape index (κ3) is 2.67. The molecule has 1 aromatic heterocycles. The smallest absolute Gasteiger partial charge is 0.136 e. The van der Waals surface area contributed by atoms with Crippen molar-refractivity contribution >= 4 is 27.5 Å². The molecular formula is C13H12BrClN2. The Morgan fingerprint density at radius 2 is 2.06 bits per heavy atom. The summed E-state index contributed by atoms with van der Waals surface area (Å²) in [5, 5.41) is 0.534. The molecule has 0 amide bonds. The Balaban J connectivity index is 2.62. The van der Waals surface area contributed by atoms with E-state index in [9.17, 15) is 0 Å². The first-order valence-electron chi connectivity index (χ1n) is 5.40. The lowest BCUT2D eigenvalue weighted by Gasteiger charge is -2.08. The molecule has 0 aliphatic rings. The van der Waals surface area contributed by atoms with Crippen molar-refractivity contribution in [2.24, 2.45) is 0 Å². The summed E-state index contributed by atoms with van der Waals surface area (Å²) in [6, 6.07) is 8.03. The van der Waals surface area contributed by atoms with E-state index < -0.39 is 0 Å². The Hall–Kier alpha value is -0.930. The molecule has 2 rings (SSSR count). The van der Waals surface area contributed by atoms with Gasteiger partial charge in [0.25, 0.3) is 0 Å². The molecule has 17 heavy (non-hydrogen) atoms. The third-order valence-corrected chi connectivity index (χ3v) is 3.41. The number of aromatic nitrogens is 2. The summed E-state index contributed by atoms with van der Waals surface area (Å²) in [6.45, 7) is 3.96. The van der Waals surface area contributed by atoms with E-state index in [1.807, 2.05) is 38.1 Å². The average molecular weight is 312 g/mol. The molecule has 0 atom stereocenters. The lowest BCUT2D eigenvalue weighted by Crippen LogP contribution is -1.99. The fourth-order valence-corrected chi connectivity index (χ4v) is 2.19. The zero-order valence-corrected chi connectivity index (χ0v) is 12.0. The van der Waals surface area contributed by atoms with Crippen molar-refractivity contribution in [3.63, 3.8) is 0 Å². The predicted molar refractivity (Wildman–Crippen MR) is 74.3 cm³/mol. The molecule has 1 aromatic carbocycles. The molecule has 0 bridgehead atoms. The monoisotopic (exact) mass is 310 g/mol. The van der Waals surface area contributed by atoms with Gasteiger partial charge in [-0.25, -0.2) is 9.97 Å². The summed E-state index contributed by atoms with van der Waals surface area (Å²) in [6.07, 6.45) is 0.779. The Labute approximate surface area is 114 Å². The lowest BCUT2D eigenvalue weighted by atomic mass is 10.1. The van der Waals surface area contributed by atoms with E-state index in [2.05, 4.69) is 25.9 Å². The van der Waals surface area contributed by atoms with Crippen LogP contribution in [0.15, 0.2) is 28.7 Å². The summed E-state index contributed by atoms with van der Waals surface area (Å²) >= 11 is 9.59. The molecule has 0 fully saturated rings. The third-order valence-electron chi connectivity index (χ3n) is 2.55. The zero-order chi connectivity index (χ0) is 12.4. The number of halogens is 2. The maximum absolute atomic E-state index is 6.12. The second-order valence-electron chi connectivity index (χ2n) is 3.77. The highest BCUT2D eigenvalue weighted by Gasteiger charge is 2.10. The molecule has 0 aliphatic carbocycles. The fourth-order valence-electron chi connectivity index (χ4n) is 1.61. The van der Waals surface area contributed by atoms with Gasteiger partial charge in [-0.05, 0) is 19.1 Å².